The van der Waals surface area contributed by atoms with Crippen LogP contribution in [-0.4, -0.2) is 43.1 Å². The van der Waals surface area contributed by atoms with E-state index in [0.29, 0.717) is 5.92 Å². The standard InChI is InChI=1S/C19H26N4OS.HI/c1-4-18-22-16(13-25-18)11-21-19(20-2)23-10-9-15(12-23)14-5-7-17(24-3)8-6-14;/h5-8,13,15H,4,9-12H2,1-3H3,(H,20,21);1H. The van der Waals surface area contributed by atoms with E-state index in [0.717, 1.165) is 49.9 Å². The molecule has 5 nitrogen and oxygen atoms in total. The molecule has 0 aliphatic carbocycles. The maximum absolute atomic E-state index is 5.25. The molecule has 1 aromatic heterocycles. The Morgan fingerprint density at radius 2 is 2.15 bits per heavy atom. The maximum Gasteiger partial charge on any atom is 0.193 e. The summed E-state index contributed by atoms with van der Waals surface area (Å²) in [5.41, 5.74) is 2.46. The van der Waals surface area contributed by atoms with Crippen LogP contribution < -0.4 is 10.1 Å². The maximum atomic E-state index is 5.25. The van der Waals surface area contributed by atoms with Gasteiger partial charge in [-0.1, -0.05) is 19.1 Å². The SMILES string of the molecule is CCc1nc(CNC(=NC)N2CCC(c3ccc(OC)cc3)C2)cs1.I. The van der Waals surface area contributed by atoms with Crippen LogP contribution in [0.2, 0.25) is 0 Å². The van der Waals surface area contributed by atoms with Gasteiger partial charge < -0.3 is 15.0 Å². The average Bonchev–Trinajstić information content (AvgIpc) is 3.32. The Hall–Kier alpha value is -1.35. The molecule has 1 aliphatic heterocycles. The molecule has 3 rings (SSSR count). The lowest BCUT2D eigenvalue weighted by atomic mass is 9.98. The van der Waals surface area contributed by atoms with Crippen molar-refractivity contribution in [3.63, 3.8) is 0 Å². The van der Waals surface area contributed by atoms with Crippen LogP contribution in [0.5, 0.6) is 5.75 Å². The number of thiazole rings is 1. The van der Waals surface area contributed by atoms with Gasteiger partial charge in [0.1, 0.15) is 5.75 Å². The van der Waals surface area contributed by atoms with Crippen molar-refractivity contribution in [1.29, 1.82) is 0 Å². The molecule has 1 atom stereocenters. The van der Waals surface area contributed by atoms with Gasteiger partial charge in [-0.25, -0.2) is 4.98 Å². The summed E-state index contributed by atoms with van der Waals surface area (Å²) in [4.78, 5) is 11.4. The minimum atomic E-state index is 0. The van der Waals surface area contributed by atoms with Gasteiger partial charge in [0.15, 0.2) is 5.96 Å². The first kappa shape index (κ1) is 21.0. The smallest absolute Gasteiger partial charge is 0.193 e. The minimum Gasteiger partial charge on any atom is -0.497 e. The first-order chi connectivity index (χ1) is 12.2. The predicted octanol–water partition coefficient (Wildman–Crippen LogP) is 3.90. The van der Waals surface area contributed by atoms with E-state index in [-0.39, 0.29) is 24.0 Å². The zero-order chi connectivity index (χ0) is 17.6. The topological polar surface area (TPSA) is 49.8 Å². The van der Waals surface area contributed by atoms with Crippen molar-refractivity contribution in [3.05, 3.63) is 45.9 Å². The van der Waals surface area contributed by atoms with Crippen LogP contribution in [0.15, 0.2) is 34.6 Å². The number of halogens is 1. The lowest BCUT2D eigenvalue weighted by Crippen LogP contribution is -2.39. The first-order valence-electron chi connectivity index (χ1n) is 8.76. The van der Waals surface area contributed by atoms with E-state index in [2.05, 4.69) is 44.6 Å². The third-order valence-corrected chi connectivity index (χ3v) is 5.66. The lowest BCUT2D eigenvalue weighted by Gasteiger charge is -2.21. The molecule has 1 aromatic carbocycles. The summed E-state index contributed by atoms with van der Waals surface area (Å²) in [6.07, 6.45) is 2.14. The fourth-order valence-corrected chi connectivity index (χ4v) is 3.94. The fraction of sp³-hybridized carbons (Fsp3) is 0.474. The number of aryl methyl sites for hydroxylation is 1. The van der Waals surface area contributed by atoms with Crippen molar-refractivity contribution >= 4 is 41.3 Å². The van der Waals surface area contributed by atoms with Gasteiger partial charge in [0, 0.05) is 31.4 Å². The van der Waals surface area contributed by atoms with E-state index in [9.17, 15) is 0 Å². The average molecular weight is 486 g/mol. The third-order valence-electron chi connectivity index (χ3n) is 4.62. The third kappa shape index (κ3) is 5.09. The summed E-state index contributed by atoms with van der Waals surface area (Å²) >= 11 is 1.73. The molecule has 0 radical (unpaired) electrons. The molecular formula is C19H27IN4OS. The van der Waals surface area contributed by atoms with Crippen LogP contribution in [0.1, 0.15) is 35.5 Å². The highest BCUT2D eigenvalue weighted by Gasteiger charge is 2.26. The highest BCUT2D eigenvalue weighted by Crippen LogP contribution is 2.28. The number of methoxy groups -OCH3 is 1. The first-order valence-corrected chi connectivity index (χ1v) is 9.64. The lowest BCUT2D eigenvalue weighted by molar-refractivity contribution is 0.414. The van der Waals surface area contributed by atoms with Gasteiger partial charge in [0.25, 0.3) is 0 Å². The van der Waals surface area contributed by atoms with Gasteiger partial charge in [-0.15, -0.1) is 35.3 Å². The summed E-state index contributed by atoms with van der Waals surface area (Å²) in [6.45, 7) is 4.88. The Labute approximate surface area is 176 Å². The van der Waals surface area contributed by atoms with Crippen LogP contribution in [0.4, 0.5) is 0 Å². The van der Waals surface area contributed by atoms with Crippen molar-refractivity contribution in [2.24, 2.45) is 4.99 Å². The predicted molar refractivity (Wildman–Crippen MR) is 119 cm³/mol. The molecule has 1 unspecified atom stereocenters. The fourth-order valence-electron chi connectivity index (χ4n) is 3.20. The molecule has 0 amide bonds. The van der Waals surface area contributed by atoms with E-state index < -0.39 is 0 Å². The van der Waals surface area contributed by atoms with E-state index in [4.69, 9.17) is 4.74 Å². The number of hydrogen-bond acceptors (Lipinski definition) is 4. The van der Waals surface area contributed by atoms with E-state index in [1.165, 1.54) is 10.6 Å². The van der Waals surface area contributed by atoms with Gasteiger partial charge in [-0.2, -0.15) is 0 Å². The molecule has 1 fully saturated rings. The van der Waals surface area contributed by atoms with Crippen molar-refractivity contribution < 1.29 is 4.74 Å². The van der Waals surface area contributed by atoms with Gasteiger partial charge in [0.2, 0.25) is 0 Å². The number of nitrogens with zero attached hydrogens (tertiary/aromatic N) is 3. The molecule has 1 N–H and O–H groups in total. The molecule has 0 bridgehead atoms. The number of ether oxygens (including phenoxy) is 1. The van der Waals surface area contributed by atoms with Gasteiger partial charge in [-0.05, 0) is 30.5 Å². The van der Waals surface area contributed by atoms with Gasteiger partial charge in [0.05, 0.1) is 24.4 Å². The zero-order valence-corrected chi connectivity index (χ0v) is 18.7. The molecule has 0 saturated carbocycles. The second kappa shape index (κ2) is 10.1. The number of nitrogens with one attached hydrogen (secondary N) is 1. The number of rotatable bonds is 5. The molecule has 1 aliphatic rings. The molecule has 0 spiro atoms. The summed E-state index contributed by atoms with van der Waals surface area (Å²) in [5, 5.41) is 6.77. The van der Waals surface area contributed by atoms with Crippen LogP contribution >= 0.6 is 35.3 Å². The number of aliphatic imine (C=N–C) groups is 1. The number of likely N-dealkylation sites (tertiary alicyclic amines) is 1. The number of guanidine groups is 1. The Kier molecular flexibility index (Phi) is 8.15. The summed E-state index contributed by atoms with van der Waals surface area (Å²) < 4.78 is 5.25. The molecule has 142 valence electrons. The van der Waals surface area contributed by atoms with E-state index >= 15 is 0 Å². The quantitative estimate of drug-likeness (QED) is 0.396. The molecule has 1 saturated heterocycles. The monoisotopic (exact) mass is 486 g/mol. The molecular weight excluding hydrogens is 459 g/mol. The van der Waals surface area contributed by atoms with Crippen molar-refractivity contribution in [2.75, 3.05) is 27.2 Å². The Bertz CT molecular complexity index is 717. The molecule has 26 heavy (non-hydrogen) atoms. The van der Waals surface area contributed by atoms with Gasteiger partial charge >= 0.3 is 0 Å². The largest absolute Gasteiger partial charge is 0.497 e. The minimum absolute atomic E-state index is 0. The number of aromatic nitrogens is 1. The van der Waals surface area contributed by atoms with E-state index in [1.807, 2.05) is 19.2 Å². The summed E-state index contributed by atoms with van der Waals surface area (Å²) in [7, 11) is 3.55. The highest BCUT2D eigenvalue weighted by molar-refractivity contribution is 14.0. The Balaban J connectivity index is 0.00000243. The van der Waals surface area contributed by atoms with Crippen molar-refractivity contribution in [2.45, 2.75) is 32.2 Å². The molecule has 7 heteroatoms. The number of benzene rings is 1. The normalized spacial score (nSPS) is 17.1. The second-order valence-electron chi connectivity index (χ2n) is 6.19. The summed E-state index contributed by atoms with van der Waals surface area (Å²) in [5.74, 6) is 2.41. The van der Waals surface area contributed by atoms with Crippen LogP contribution in [0, 0.1) is 0 Å². The van der Waals surface area contributed by atoms with Crippen LogP contribution in [0.25, 0.3) is 0 Å². The Morgan fingerprint density at radius 3 is 2.77 bits per heavy atom. The summed E-state index contributed by atoms with van der Waals surface area (Å²) in [6, 6.07) is 8.42. The highest BCUT2D eigenvalue weighted by atomic mass is 127. The van der Waals surface area contributed by atoms with E-state index in [1.54, 1.807) is 18.4 Å². The van der Waals surface area contributed by atoms with Crippen molar-refractivity contribution in [3.8, 4) is 5.75 Å². The Morgan fingerprint density at radius 1 is 1.38 bits per heavy atom. The van der Waals surface area contributed by atoms with Crippen molar-refractivity contribution in [1.82, 2.24) is 15.2 Å². The molecule has 2 aromatic rings. The van der Waals surface area contributed by atoms with Crippen LogP contribution in [0.3, 0.4) is 0 Å². The number of hydrogen-bond donors (Lipinski definition) is 1. The zero-order valence-electron chi connectivity index (χ0n) is 15.6. The van der Waals surface area contributed by atoms with Gasteiger partial charge in [-0.3, -0.25) is 4.99 Å². The van der Waals surface area contributed by atoms with Crippen LogP contribution in [-0.2, 0) is 13.0 Å². The second-order valence-corrected chi connectivity index (χ2v) is 7.13. The molecule has 2 heterocycles.